The molecule has 49 heavy (non-hydrogen) atoms. The second kappa shape index (κ2) is 14.1. The van der Waals surface area contributed by atoms with E-state index in [4.69, 9.17) is 14.5 Å². The molecule has 0 aliphatic carbocycles. The van der Waals surface area contributed by atoms with E-state index in [9.17, 15) is 19.7 Å². The lowest BCUT2D eigenvalue weighted by Crippen LogP contribution is -2.40. The highest BCUT2D eigenvalue weighted by molar-refractivity contribution is 7.99. The van der Waals surface area contributed by atoms with Crippen LogP contribution in [0.15, 0.2) is 110 Å². The summed E-state index contributed by atoms with van der Waals surface area (Å²) in [6, 6.07) is 23.3. The lowest BCUT2D eigenvalue weighted by molar-refractivity contribution is -0.384. The van der Waals surface area contributed by atoms with E-state index in [0.29, 0.717) is 38.5 Å². The third kappa shape index (κ3) is 6.61. The second-order valence-corrected chi connectivity index (χ2v) is 13.4. The largest absolute Gasteiger partial charge is 0.494 e. The minimum absolute atomic E-state index is 0.0607. The fourth-order valence-corrected chi connectivity index (χ4v) is 7.84. The third-order valence-corrected chi connectivity index (χ3v) is 10.2. The number of nitro benzene ring substituents is 1. The molecule has 0 N–H and O–H groups in total. The molecule has 3 aromatic carbocycles. The van der Waals surface area contributed by atoms with Gasteiger partial charge >= 0.3 is 5.97 Å². The molecule has 3 heterocycles. The van der Waals surface area contributed by atoms with Crippen molar-refractivity contribution in [2.24, 2.45) is 4.99 Å². The van der Waals surface area contributed by atoms with Crippen molar-refractivity contribution in [3.63, 3.8) is 0 Å². The Hall–Kier alpha value is -5.20. The molecule has 1 aliphatic heterocycles. The van der Waals surface area contributed by atoms with Gasteiger partial charge in [0, 0.05) is 44.6 Å². The van der Waals surface area contributed by atoms with Gasteiger partial charge in [0.2, 0.25) is 0 Å². The Morgan fingerprint density at radius 2 is 1.67 bits per heavy atom. The van der Waals surface area contributed by atoms with Crippen molar-refractivity contribution in [2.75, 3.05) is 13.2 Å². The van der Waals surface area contributed by atoms with Gasteiger partial charge in [-0.15, -0.1) is 0 Å². The molecule has 0 unspecified atom stereocenters. The van der Waals surface area contributed by atoms with Crippen LogP contribution in [0.1, 0.15) is 49.3 Å². The number of para-hydroxylation sites is 1. The first-order chi connectivity index (χ1) is 23.6. The molecule has 0 fully saturated rings. The number of carbonyl (C=O) groups excluding carboxylic acids is 1. The third-order valence-electron chi connectivity index (χ3n) is 8.17. The van der Waals surface area contributed by atoms with Crippen LogP contribution in [0.3, 0.4) is 0 Å². The van der Waals surface area contributed by atoms with Gasteiger partial charge in [0.05, 0.1) is 33.9 Å². The highest BCUT2D eigenvalue weighted by Gasteiger charge is 2.35. The van der Waals surface area contributed by atoms with Crippen molar-refractivity contribution in [1.29, 1.82) is 0 Å². The average Bonchev–Trinajstić information content (AvgIpc) is 3.54. The molecule has 12 heteroatoms. The van der Waals surface area contributed by atoms with Gasteiger partial charge in [-0.2, -0.15) is 0 Å². The predicted molar refractivity (Wildman–Crippen MR) is 190 cm³/mol. The number of nitro groups is 1. The number of benzene rings is 3. The first-order valence-electron chi connectivity index (χ1n) is 15.7. The summed E-state index contributed by atoms with van der Waals surface area (Å²) in [5.74, 6) is 0.0665. The number of thiazole rings is 1. The van der Waals surface area contributed by atoms with E-state index in [1.54, 1.807) is 30.5 Å². The van der Waals surface area contributed by atoms with Gasteiger partial charge in [0.15, 0.2) is 4.80 Å². The topological polar surface area (TPSA) is 118 Å². The first-order valence-corrected chi connectivity index (χ1v) is 17.4. The molecule has 0 saturated carbocycles. The van der Waals surface area contributed by atoms with Gasteiger partial charge in [0.25, 0.3) is 11.2 Å². The number of aromatic nitrogens is 2. The van der Waals surface area contributed by atoms with Crippen molar-refractivity contribution in [2.45, 2.75) is 50.5 Å². The summed E-state index contributed by atoms with van der Waals surface area (Å²) in [7, 11) is 0. The predicted octanol–water partition coefficient (Wildman–Crippen LogP) is 6.66. The summed E-state index contributed by atoms with van der Waals surface area (Å²) < 4.78 is 15.6. The van der Waals surface area contributed by atoms with Crippen LogP contribution >= 0.6 is 23.1 Å². The van der Waals surface area contributed by atoms with Crippen LogP contribution in [0.2, 0.25) is 0 Å². The maximum atomic E-state index is 14.2. The van der Waals surface area contributed by atoms with Crippen molar-refractivity contribution in [3.8, 4) is 11.4 Å². The smallest absolute Gasteiger partial charge is 0.338 e. The molecule has 1 atom stereocenters. The van der Waals surface area contributed by atoms with Crippen LogP contribution in [-0.2, 0) is 9.53 Å². The van der Waals surface area contributed by atoms with Gasteiger partial charge in [0.1, 0.15) is 11.8 Å². The summed E-state index contributed by atoms with van der Waals surface area (Å²) in [5.41, 5.74) is 5.10. The van der Waals surface area contributed by atoms with Crippen LogP contribution < -0.4 is 19.6 Å². The summed E-state index contributed by atoms with van der Waals surface area (Å²) >= 11 is 2.81. The van der Waals surface area contributed by atoms with Gasteiger partial charge in [-0.1, -0.05) is 41.3 Å². The molecule has 250 valence electrons. The Morgan fingerprint density at radius 1 is 1.00 bits per heavy atom. The number of carbonyl (C=O) groups is 1. The number of hydrogen-bond acceptors (Lipinski definition) is 9. The number of fused-ring (bicyclic) bond motifs is 1. The van der Waals surface area contributed by atoms with Gasteiger partial charge in [-0.3, -0.25) is 19.5 Å². The quantitative estimate of drug-likeness (QED) is 0.0911. The Morgan fingerprint density at radius 3 is 2.33 bits per heavy atom. The van der Waals surface area contributed by atoms with E-state index in [1.165, 1.54) is 35.2 Å². The molecule has 0 amide bonds. The van der Waals surface area contributed by atoms with Gasteiger partial charge in [-0.25, -0.2) is 9.79 Å². The molecule has 0 radical (unpaired) electrons. The van der Waals surface area contributed by atoms with Crippen LogP contribution in [0.25, 0.3) is 11.8 Å². The zero-order chi connectivity index (χ0) is 34.8. The van der Waals surface area contributed by atoms with Crippen LogP contribution in [-0.4, -0.2) is 33.2 Å². The minimum Gasteiger partial charge on any atom is -0.494 e. The van der Waals surface area contributed by atoms with E-state index in [2.05, 4.69) is 4.57 Å². The van der Waals surface area contributed by atoms with E-state index < -0.39 is 16.9 Å². The number of rotatable bonds is 10. The maximum absolute atomic E-state index is 14.2. The SMILES string of the molecule is CCOC(=O)C1=C(C)N=c2s/c(=C\c3cc(C)n(-c4ccc(Sc5ccc([N+](=O)[O-])cc5)cc4)c3C)c(=O)n2[C@H]1c1ccccc1OCC. The summed E-state index contributed by atoms with van der Waals surface area (Å²) in [6.07, 6.45) is 1.89. The highest BCUT2D eigenvalue weighted by atomic mass is 32.2. The standard InChI is InChI=1S/C37H34N4O6S2/c1-6-46-31-11-9-8-10-30(31)34-33(36(43)47-7-2)23(4)38-37-40(34)35(42)32(49-37)21-25-20-22(3)39(24(25)5)26-12-16-28(17-13-26)48-29-18-14-27(15-19-29)41(44)45/h8-21,34H,6-7H2,1-5H3/b32-21-/t34-/m0/s1. The Balaban J connectivity index is 1.38. The molecule has 2 aromatic heterocycles. The van der Waals surface area contributed by atoms with Crippen molar-refractivity contribution < 1.29 is 19.2 Å². The lowest BCUT2D eigenvalue weighted by atomic mass is 9.95. The number of esters is 1. The normalized spacial score (nSPS) is 14.4. The van der Waals surface area contributed by atoms with Crippen LogP contribution in [0, 0.1) is 24.0 Å². The number of non-ortho nitro benzene ring substituents is 1. The summed E-state index contributed by atoms with van der Waals surface area (Å²) in [6.45, 7) is 10.1. The molecule has 0 bridgehead atoms. The monoisotopic (exact) mass is 694 g/mol. The Kier molecular flexibility index (Phi) is 9.70. The van der Waals surface area contributed by atoms with Crippen LogP contribution in [0.4, 0.5) is 5.69 Å². The molecular formula is C37H34N4O6S2. The van der Waals surface area contributed by atoms with E-state index >= 15 is 0 Å². The second-order valence-electron chi connectivity index (χ2n) is 11.3. The molecule has 10 nitrogen and oxygen atoms in total. The Labute approximate surface area is 290 Å². The number of aryl methyl sites for hydroxylation is 1. The van der Waals surface area contributed by atoms with Crippen LogP contribution in [0.5, 0.6) is 5.75 Å². The first kappa shape index (κ1) is 33.7. The van der Waals surface area contributed by atoms with E-state index in [-0.39, 0.29) is 17.9 Å². The zero-order valence-electron chi connectivity index (χ0n) is 27.6. The van der Waals surface area contributed by atoms with E-state index in [1.807, 2.05) is 81.4 Å². The summed E-state index contributed by atoms with van der Waals surface area (Å²) in [5, 5.41) is 11.0. The molecule has 0 spiro atoms. The van der Waals surface area contributed by atoms with Gasteiger partial charge in [-0.05, 0) is 94.8 Å². The van der Waals surface area contributed by atoms with E-state index in [0.717, 1.165) is 32.4 Å². The number of hydrogen-bond donors (Lipinski definition) is 0. The molecule has 6 rings (SSSR count). The average molecular weight is 695 g/mol. The van der Waals surface area contributed by atoms with Crippen molar-refractivity contribution >= 4 is 40.8 Å². The number of nitrogens with zero attached hydrogens (tertiary/aromatic N) is 4. The minimum atomic E-state index is -0.769. The zero-order valence-corrected chi connectivity index (χ0v) is 29.3. The fraction of sp³-hybridized carbons (Fsp3) is 0.216. The molecular weight excluding hydrogens is 661 g/mol. The fourth-order valence-electron chi connectivity index (χ4n) is 5.99. The highest BCUT2D eigenvalue weighted by Crippen LogP contribution is 2.36. The number of allylic oxidation sites excluding steroid dienone is 1. The molecule has 5 aromatic rings. The molecule has 1 aliphatic rings. The van der Waals surface area contributed by atoms with Crippen molar-refractivity contribution in [3.05, 3.63) is 142 Å². The molecule has 0 saturated heterocycles. The summed E-state index contributed by atoms with van der Waals surface area (Å²) in [4.78, 5) is 45.2. The Bertz CT molecular complexity index is 2280. The van der Waals surface area contributed by atoms with Gasteiger partial charge < -0.3 is 14.0 Å². The maximum Gasteiger partial charge on any atom is 0.338 e. The van der Waals surface area contributed by atoms with Crippen molar-refractivity contribution in [1.82, 2.24) is 9.13 Å². The lowest BCUT2D eigenvalue weighted by Gasteiger charge is -2.26. The number of ether oxygens (including phenoxy) is 2.